The number of hydrogen-bond donors (Lipinski definition) is 0. The predicted octanol–water partition coefficient (Wildman–Crippen LogP) is 0.897. The number of ether oxygens (including phenoxy) is 1. The Balaban J connectivity index is 2.00. The molecular formula is C15H16N6O2. The van der Waals surface area contributed by atoms with Crippen LogP contribution in [0.1, 0.15) is 18.1 Å². The molecule has 8 nitrogen and oxygen atoms in total. The van der Waals surface area contributed by atoms with Crippen molar-refractivity contribution in [3.05, 3.63) is 58.4 Å². The van der Waals surface area contributed by atoms with E-state index in [-0.39, 0.29) is 12.3 Å². The Labute approximate surface area is 132 Å². The maximum Gasteiger partial charge on any atom is 0.368 e. The minimum atomic E-state index is -0.304. The van der Waals surface area contributed by atoms with Gasteiger partial charge in [0.25, 0.3) is 0 Å². The largest absolute Gasteiger partial charge is 0.473 e. The van der Waals surface area contributed by atoms with Gasteiger partial charge in [-0.1, -0.05) is 19.1 Å². The van der Waals surface area contributed by atoms with Gasteiger partial charge in [0.1, 0.15) is 12.9 Å². The summed E-state index contributed by atoms with van der Waals surface area (Å²) in [7, 11) is 1.56. The normalized spacial score (nSPS) is 10.7. The summed E-state index contributed by atoms with van der Waals surface area (Å²) in [6.45, 7) is 2.33. The van der Waals surface area contributed by atoms with Crippen molar-refractivity contribution in [3.8, 4) is 11.6 Å². The van der Waals surface area contributed by atoms with Gasteiger partial charge in [0.2, 0.25) is 5.88 Å². The summed E-state index contributed by atoms with van der Waals surface area (Å²) in [4.78, 5) is 20.0. The second kappa shape index (κ2) is 6.39. The van der Waals surface area contributed by atoms with E-state index in [0.717, 1.165) is 17.5 Å². The lowest BCUT2D eigenvalue weighted by Gasteiger charge is -2.13. The van der Waals surface area contributed by atoms with E-state index in [4.69, 9.17) is 4.74 Å². The first kappa shape index (κ1) is 14.9. The van der Waals surface area contributed by atoms with E-state index in [9.17, 15) is 4.79 Å². The van der Waals surface area contributed by atoms with Gasteiger partial charge >= 0.3 is 5.69 Å². The van der Waals surface area contributed by atoms with E-state index in [0.29, 0.717) is 11.6 Å². The molecule has 118 valence electrons. The van der Waals surface area contributed by atoms with Crippen LogP contribution in [0.4, 0.5) is 0 Å². The van der Waals surface area contributed by atoms with Crippen molar-refractivity contribution in [2.45, 2.75) is 20.0 Å². The molecule has 0 aliphatic rings. The van der Waals surface area contributed by atoms with Crippen LogP contribution in [-0.4, -0.2) is 29.8 Å². The Kier molecular flexibility index (Phi) is 4.13. The van der Waals surface area contributed by atoms with Crippen molar-refractivity contribution in [3.63, 3.8) is 0 Å². The van der Waals surface area contributed by atoms with Crippen molar-refractivity contribution in [1.82, 2.24) is 29.8 Å². The molecule has 0 radical (unpaired) electrons. The van der Waals surface area contributed by atoms with Crippen LogP contribution >= 0.6 is 0 Å². The lowest BCUT2D eigenvalue weighted by Crippen LogP contribution is -2.23. The Hall–Kier alpha value is -3.03. The van der Waals surface area contributed by atoms with Crippen LogP contribution in [0.3, 0.4) is 0 Å². The summed E-state index contributed by atoms with van der Waals surface area (Å²) < 4.78 is 8.19. The molecule has 8 heteroatoms. The zero-order chi connectivity index (χ0) is 16.2. The van der Waals surface area contributed by atoms with Gasteiger partial charge in [-0.2, -0.15) is 9.36 Å². The fourth-order valence-electron chi connectivity index (χ4n) is 2.29. The Morgan fingerprint density at radius 2 is 2.09 bits per heavy atom. The topological polar surface area (TPSA) is 87.7 Å². The highest BCUT2D eigenvalue weighted by Gasteiger charge is 2.14. The maximum atomic E-state index is 12.1. The number of benzene rings is 1. The van der Waals surface area contributed by atoms with Crippen molar-refractivity contribution >= 4 is 0 Å². The smallest absolute Gasteiger partial charge is 0.368 e. The van der Waals surface area contributed by atoms with Crippen LogP contribution < -0.4 is 10.4 Å². The number of aromatic nitrogens is 6. The summed E-state index contributed by atoms with van der Waals surface area (Å²) in [6, 6.07) is 7.41. The van der Waals surface area contributed by atoms with Crippen molar-refractivity contribution < 1.29 is 4.74 Å². The molecule has 0 aliphatic heterocycles. The molecule has 0 aliphatic carbocycles. The SMILES string of the molecule is CCc1cccc(-n2nnn(C)c2=O)c1COc1ccncn1. The van der Waals surface area contributed by atoms with Crippen LogP contribution in [0.2, 0.25) is 0 Å². The molecule has 0 amide bonds. The molecule has 0 fully saturated rings. The highest BCUT2D eigenvalue weighted by molar-refractivity contribution is 5.45. The molecule has 3 rings (SSSR count). The molecular weight excluding hydrogens is 296 g/mol. The minimum absolute atomic E-state index is 0.277. The summed E-state index contributed by atoms with van der Waals surface area (Å²) >= 11 is 0. The molecule has 1 aromatic carbocycles. The van der Waals surface area contributed by atoms with Crippen LogP contribution in [-0.2, 0) is 20.1 Å². The fraction of sp³-hybridized carbons (Fsp3) is 0.267. The van der Waals surface area contributed by atoms with Crippen LogP contribution in [0, 0.1) is 0 Å². The number of hydrogen-bond acceptors (Lipinski definition) is 6. The Morgan fingerprint density at radius 3 is 2.74 bits per heavy atom. The molecule has 0 bridgehead atoms. The lowest BCUT2D eigenvalue weighted by molar-refractivity contribution is 0.291. The van der Waals surface area contributed by atoms with Crippen molar-refractivity contribution in [2.75, 3.05) is 0 Å². The molecule has 0 N–H and O–H groups in total. The van der Waals surface area contributed by atoms with Gasteiger partial charge in [0, 0.05) is 24.9 Å². The van der Waals surface area contributed by atoms with Crippen molar-refractivity contribution in [2.24, 2.45) is 7.05 Å². The summed E-state index contributed by atoms with van der Waals surface area (Å²) in [5.74, 6) is 0.475. The van der Waals surface area contributed by atoms with Gasteiger partial charge in [-0.25, -0.2) is 14.8 Å². The van der Waals surface area contributed by atoms with Gasteiger partial charge in [-0.15, -0.1) is 0 Å². The molecule has 0 atom stereocenters. The highest BCUT2D eigenvalue weighted by atomic mass is 16.5. The van der Waals surface area contributed by atoms with E-state index in [2.05, 4.69) is 20.4 Å². The number of rotatable bonds is 5. The average molecular weight is 312 g/mol. The van der Waals surface area contributed by atoms with Gasteiger partial charge in [-0.3, -0.25) is 0 Å². The van der Waals surface area contributed by atoms with E-state index >= 15 is 0 Å². The maximum absolute atomic E-state index is 12.1. The first-order valence-corrected chi connectivity index (χ1v) is 7.19. The third kappa shape index (κ3) is 2.96. The summed E-state index contributed by atoms with van der Waals surface area (Å²) in [6.07, 6.45) is 3.85. The Morgan fingerprint density at radius 1 is 1.22 bits per heavy atom. The number of aryl methyl sites for hydroxylation is 2. The summed E-state index contributed by atoms with van der Waals surface area (Å²) in [5, 5.41) is 7.68. The second-order valence-electron chi connectivity index (χ2n) is 4.90. The van der Waals surface area contributed by atoms with Crippen molar-refractivity contribution in [1.29, 1.82) is 0 Å². The lowest BCUT2D eigenvalue weighted by atomic mass is 10.0. The van der Waals surface area contributed by atoms with E-state index in [1.54, 1.807) is 19.3 Å². The quantitative estimate of drug-likeness (QED) is 0.695. The monoisotopic (exact) mass is 312 g/mol. The molecule has 0 spiro atoms. The zero-order valence-electron chi connectivity index (χ0n) is 12.9. The minimum Gasteiger partial charge on any atom is -0.473 e. The third-order valence-electron chi connectivity index (χ3n) is 3.50. The summed E-state index contributed by atoms with van der Waals surface area (Å²) in [5.41, 5.74) is 2.32. The second-order valence-corrected chi connectivity index (χ2v) is 4.90. The first-order valence-electron chi connectivity index (χ1n) is 7.19. The fourth-order valence-corrected chi connectivity index (χ4v) is 2.29. The first-order chi connectivity index (χ1) is 11.2. The van der Waals surface area contributed by atoms with Gasteiger partial charge < -0.3 is 4.74 Å². The molecule has 0 saturated heterocycles. The molecule has 23 heavy (non-hydrogen) atoms. The standard InChI is InChI=1S/C15H16N6O2/c1-3-11-5-4-6-13(21-15(22)20(2)18-19-21)12(11)9-23-14-7-8-16-10-17-14/h4-8,10H,3,9H2,1-2H3. The molecule has 3 aromatic rings. The van der Waals surface area contributed by atoms with Gasteiger partial charge in [0.05, 0.1) is 5.69 Å². The van der Waals surface area contributed by atoms with E-state index in [1.165, 1.54) is 15.7 Å². The van der Waals surface area contributed by atoms with Gasteiger partial charge in [0.15, 0.2) is 0 Å². The molecule has 2 aromatic heterocycles. The number of nitrogens with zero attached hydrogens (tertiary/aromatic N) is 6. The average Bonchev–Trinajstić information content (AvgIpc) is 2.92. The predicted molar refractivity (Wildman–Crippen MR) is 82.3 cm³/mol. The van der Waals surface area contributed by atoms with Gasteiger partial charge in [-0.05, 0) is 28.5 Å². The molecule has 0 unspecified atom stereocenters. The van der Waals surface area contributed by atoms with E-state index in [1.807, 2.05) is 25.1 Å². The van der Waals surface area contributed by atoms with Crippen LogP contribution in [0.5, 0.6) is 5.88 Å². The van der Waals surface area contributed by atoms with Crippen LogP contribution in [0.15, 0.2) is 41.6 Å². The molecule has 0 saturated carbocycles. The zero-order valence-corrected chi connectivity index (χ0v) is 12.9. The number of tetrazole rings is 1. The van der Waals surface area contributed by atoms with Crippen LogP contribution in [0.25, 0.3) is 5.69 Å². The van der Waals surface area contributed by atoms with E-state index < -0.39 is 0 Å². The Bertz CT molecular complexity index is 856. The third-order valence-corrected chi connectivity index (χ3v) is 3.50. The highest BCUT2D eigenvalue weighted by Crippen LogP contribution is 2.20. The molecule has 2 heterocycles.